The fraction of sp³-hybridized carbons (Fsp3) is 0.917. The van der Waals surface area contributed by atoms with Crippen molar-refractivity contribution < 1.29 is 9.53 Å². The van der Waals surface area contributed by atoms with E-state index in [1.54, 1.807) is 0 Å². The lowest BCUT2D eigenvalue weighted by Crippen LogP contribution is -2.36. The maximum atomic E-state index is 12.0. The number of hydrogen-bond acceptors (Lipinski definition) is 2. The van der Waals surface area contributed by atoms with Gasteiger partial charge in [0.15, 0.2) is 0 Å². The van der Waals surface area contributed by atoms with Gasteiger partial charge in [-0.15, -0.1) is 0 Å². The number of carbonyl (C=O) groups excluding carboxylic acids is 1. The van der Waals surface area contributed by atoms with Crippen molar-refractivity contribution in [3.05, 3.63) is 0 Å². The topological polar surface area (TPSA) is 29.5 Å². The molecule has 0 unspecified atom stereocenters. The molecule has 3 nitrogen and oxygen atoms in total. The first-order valence-electron chi connectivity index (χ1n) is 6.14. The Balaban J connectivity index is 2.18. The molecule has 0 atom stereocenters. The molecule has 4 heteroatoms. The molecule has 1 heterocycles. The molecule has 16 heavy (non-hydrogen) atoms. The predicted octanol–water partition coefficient (Wildman–Crippen LogP) is 2.44. The lowest BCUT2D eigenvalue weighted by molar-refractivity contribution is -0.137. The summed E-state index contributed by atoms with van der Waals surface area (Å²) in [4.78, 5) is 13.9. The van der Waals surface area contributed by atoms with Gasteiger partial charge in [-0.25, -0.2) is 0 Å². The van der Waals surface area contributed by atoms with E-state index in [-0.39, 0.29) is 5.92 Å². The third-order valence-corrected chi connectivity index (χ3v) is 3.63. The van der Waals surface area contributed by atoms with Crippen LogP contribution in [0.25, 0.3) is 0 Å². The molecule has 1 amide bonds. The molecule has 1 aliphatic rings. The largest absolute Gasteiger partial charge is 0.381 e. The highest BCUT2D eigenvalue weighted by Gasteiger charge is 2.23. The number of hydrogen-bond donors (Lipinski definition) is 0. The summed E-state index contributed by atoms with van der Waals surface area (Å²) >= 11 is 3.41. The summed E-state index contributed by atoms with van der Waals surface area (Å²) in [5.41, 5.74) is 0. The van der Waals surface area contributed by atoms with Gasteiger partial charge in [0.25, 0.3) is 0 Å². The Hall–Kier alpha value is -0.0900. The molecular formula is C12H22BrNO2. The molecule has 0 bridgehead atoms. The van der Waals surface area contributed by atoms with E-state index in [1.165, 1.54) is 12.8 Å². The summed E-state index contributed by atoms with van der Waals surface area (Å²) in [7, 11) is 1.92. The quantitative estimate of drug-likeness (QED) is 0.556. The zero-order valence-electron chi connectivity index (χ0n) is 10.1. The first kappa shape index (κ1) is 14.0. The Labute approximate surface area is 107 Å². The van der Waals surface area contributed by atoms with E-state index < -0.39 is 0 Å². The maximum Gasteiger partial charge on any atom is 0.225 e. The highest BCUT2D eigenvalue weighted by atomic mass is 79.9. The zero-order chi connectivity index (χ0) is 11.8. The van der Waals surface area contributed by atoms with E-state index >= 15 is 0 Å². The van der Waals surface area contributed by atoms with Gasteiger partial charge in [-0.1, -0.05) is 22.4 Å². The smallest absolute Gasteiger partial charge is 0.225 e. The molecule has 0 radical (unpaired) electrons. The predicted molar refractivity (Wildman–Crippen MR) is 68.8 cm³/mol. The van der Waals surface area contributed by atoms with Crippen LogP contribution in [0.1, 0.15) is 32.1 Å². The molecule has 0 aromatic carbocycles. The minimum atomic E-state index is 0.204. The van der Waals surface area contributed by atoms with E-state index in [0.29, 0.717) is 5.91 Å². The van der Waals surface area contributed by atoms with Crippen molar-refractivity contribution in [3.8, 4) is 0 Å². The second kappa shape index (κ2) is 8.07. The molecule has 0 spiro atoms. The summed E-state index contributed by atoms with van der Waals surface area (Å²) in [5.74, 6) is 0.511. The van der Waals surface area contributed by atoms with Gasteiger partial charge in [0.2, 0.25) is 5.91 Å². The summed E-state index contributed by atoms with van der Waals surface area (Å²) in [5, 5.41) is 1.06. The normalized spacial score (nSPS) is 17.4. The highest BCUT2D eigenvalue weighted by Crippen LogP contribution is 2.17. The van der Waals surface area contributed by atoms with Crippen molar-refractivity contribution in [3.63, 3.8) is 0 Å². The molecule has 94 valence electrons. The third kappa shape index (κ3) is 4.83. The van der Waals surface area contributed by atoms with Crippen molar-refractivity contribution in [1.29, 1.82) is 0 Å². The molecule has 1 saturated heterocycles. The third-order valence-electron chi connectivity index (χ3n) is 3.07. The van der Waals surface area contributed by atoms with Crippen LogP contribution in [0.4, 0.5) is 0 Å². The Kier molecular flexibility index (Phi) is 7.05. The monoisotopic (exact) mass is 291 g/mol. The van der Waals surface area contributed by atoms with Gasteiger partial charge < -0.3 is 9.64 Å². The summed E-state index contributed by atoms with van der Waals surface area (Å²) < 4.78 is 5.27. The molecule has 1 fully saturated rings. The van der Waals surface area contributed by atoms with Gasteiger partial charge in [0, 0.05) is 38.1 Å². The maximum absolute atomic E-state index is 12.0. The lowest BCUT2D eigenvalue weighted by Gasteiger charge is -2.26. The van der Waals surface area contributed by atoms with Crippen molar-refractivity contribution in [2.45, 2.75) is 32.1 Å². The van der Waals surface area contributed by atoms with Crippen LogP contribution in [-0.4, -0.2) is 42.9 Å². The number of halogens is 1. The number of ether oxygens (including phenoxy) is 1. The Morgan fingerprint density at radius 1 is 1.31 bits per heavy atom. The van der Waals surface area contributed by atoms with Gasteiger partial charge in [-0.05, 0) is 25.7 Å². The first-order chi connectivity index (χ1) is 7.75. The number of amides is 1. The van der Waals surface area contributed by atoms with Crippen LogP contribution >= 0.6 is 15.9 Å². The second-order valence-corrected chi connectivity index (χ2v) is 5.19. The van der Waals surface area contributed by atoms with Crippen LogP contribution in [0, 0.1) is 5.92 Å². The summed E-state index contributed by atoms with van der Waals surface area (Å²) in [6, 6.07) is 0. The fourth-order valence-corrected chi connectivity index (χ4v) is 2.38. The molecule has 0 aromatic rings. The van der Waals surface area contributed by atoms with Gasteiger partial charge >= 0.3 is 0 Å². The van der Waals surface area contributed by atoms with E-state index in [1.807, 2.05) is 11.9 Å². The molecule has 1 rings (SSSR count). The van der Waals surface area contributed by atoms with Crippen LogP contribution in [0.15, 0.2) is 0 Å². The zero-order valence-corrected chi connectivity index (χ0v) is 11.7. The van der Waals surface area contributed by atoms with Gasteiger partial charge in [0.05, 0.1) is 0 Å². The van der Waals surface area contributed by atoms with Crippen molar-refractivity contribution >= 4 is 21.8 Å². The Morgan fingerprint density at radius 2 is 2.00 bits per heavy atom. The molecular weight excluding hydrogens is 270 g/mol. The number of carbonyl (C=O) groups is 1. The van der Waals surface area contributed by atoms with Crippen LogP contribution in [0.5, 0.6) is 0 Å². The number of nitrogens with zero attached hydrogens (tertiary/aromatic N) is 1. The Morgan fingerprint density at radius 3 is 2.62 bits per heavy atom. The number of rotatable bonds is 6. The van der Waals surface area contributed by atoms with E-state index in [9.17, 15) is 4.79 Å². The van der Waals surface area contributed by atoms with Crippen LogP contribution in [0.2, 0.25) is 0 Å². The average Bonchev–Trinajstić information content (AvgIpc) is 2.34. The molecule has 0 aliphatic carbocycles. The first-order valence-corrected chi connectivity index (χ1v) is 7.26. The molecule has 0 N–H and O–H groups in total. The van der Waals surface area contributed by atoms with E-state index in [0.717, 1.165) is 44.4 Å². The Bertz CT molecular complexity index is 205. The SMILES string of the molecule is CN(CCCCCBr)C(=O)C1CCOCC1. The fourth-order valence-electron chi connectivity index (χ4n) is 1.99. The molecule has 1 aliphatic heterocycles. The minimum Gasteiger partial charge on any atom is -0.381 e. The van der Waals surface area contributed by atoms with Gasteiger partial charge in [-0.3, -0.25) is 4.79 Å². The minimum absolute atomic E-state index is 0.204. The summed E-state index contributed by atoms with van der Waals surface area (Å²) in [6.45, 7) is 2.38. The number of unbranched alkanes of at least 4 members (excludes halogenated alkanes) is 2. The van der Waals surface area contributed by atoms with Crippen molar-refractivity contribution in [1.82, 2.24) is 4.90 Å². The average molecular weight is 292 g/mol. The van der Waals surface area contributed by atoms with Crippen LogP contribution < -0.4 is 0 Å². The van der Waals surface area contributed by atoms with Crippen molar-refractivity contribution in [2.24, 2.45) is 5.92 Å². The highest BCUT2D eigenvalue weighted by molar-refractivity contribution is 9.09. The second-order valence-electron chi connectivity index (χ2n) is 4.40. The van der Waals surface area contributed by atoms with Gasteiger partial charge in [0.1, 0.15) is 0 Å². The number of alkyl halides is 1. The van der Waals surface area contributed by atoms with Crippen LogP contribution in [-0.2, 0) is 9.53 Å². The molecule has 0 saturated carbocycles. The van der Waals surface area contributed by atoms with E-state index in [2.05, 4.69) is 15.9 Å². The van der Waals surface area contributed by atoms with Gasteiger partial charge in [-0.2, -0.15) is 0 Å². The molecule has 0 aromatic heterocycles. The summed E-state index contributed by atoms with van der Waals surface area (Å²) in [6.07, 6.45) is 5.28. The lowest BCUT2D eigenvalue weighted by atomic mass is 9.99. The standard InChI is InChI=1S/C12H22BrNO2/c1-14(8-4-2-3-7-13)12(15)11-5-9-16-10-6-11/h11H,2-10H2,1H3. The van der Waals surface area contributed by atoms with E-state index in [4.69, 9.17) is 4.74 Å². The van der Waals surface area contributed by atoms with Crippen molar-refractivity contribution in [2.75, 3.05) is 32.1 Å². The van der Waals surface area contributed by atoms with Crippen LogP contribution in [0.3, 0.4) is 0 Å².